The minimum absolute atomic E-state index is 0.535. The maximum Gasteiger partial charge on any atom is 0.0233 e. The number of rotatable bonds is 3. The van der Waals surface area contributed by atoms with E-state index in [1.807, 2.05) is 6.07 Å². The molecule has 0 heterocycles. The van der Waals surface area contributed by atoms with Crippen LogP contribution in [0.25, 0.3) is 0 Å². The molecule has 1 rings (SSSR count). The van der Waals surface area contributed by atoms with Crippen LogP contribution in [0.4, 0.5) is 0 Å². The van der Waals surface area contributed by atoms with Crippen molar-refractivity contribution in [2.75, 3.05) is 0 Å². The Kier molecular flexibility index (Phi) is 2.62. The molecule has 0 amide bonds. The topological polar surface area (TPSA) is 0 Å². The molecule has 0 N–H and O–H groups in total. The molecule has 1 unspecified atom stereocenters. The molecule has 1 aromatic rings. The highest BCUT2D eigenvalue weighted by atomic mass is 14.0. The van der Waals surface area contributed by atoms with Crippen molar-refractivity contribution in [3.05, 3.63) is 35.9 Å². The van der Waals surface area contributed by atoms with E-state index in [2.05, 4.69) is 31.2 Å². The Morgan fingerprint density at radius 3 is 2.64 bits per heavy atom. The van der Waals surface area contributed by atoms with Gasteiger partial charge in [-0.05, 0) is 17.9 Å². The van der Waals surface area contributed by atoms with Gasteiger partial charge in [0.15, 0.2) is 0 Å². The SMILES string of the molecule is [2H]CC(CC)Cc1ccccc1. The van der Waals surface area contributed by atoms with Crippen molar-refractivity contribution < 1.29 is 1.37 Å². The van der Waals surface area contributed by atoms with E-state index in [-0.39, 0.29) is 0 Å². The van der Waals surface area contributed by atoms with Crippen LogP contribution in [0.2, 0.25) is 0 Å². The van der Waals surface area contributed by atoms with Crippen molar-refractivity contribution in [2.24, 2.45) is 5.92 Å². The summed E-state index contributed by atoms with van der Waals surface area (Å²) in [7, 11) is 0. The van der Waals surface area contributed by atoms with Gasteiger partial charge in [0.25, 0.3) is 0 Å². The summed E-state index contributed by atoms with van der Waals surface area (Å²) in [5.74, 6) is 0.535. The van der Waals surface area contributed by atoms with Gasteiger partial charge in [-0.3, -0.25) is 0 Å². The lowest BCUT2D eigenvalue weighted by molar-refractivity contribution is 0.560. The van der Waals surface area contributed by atoms with Gasteiger partial charge in [-0.1, -0.05) is 50.6 Å². The molecular formula is C11H16. The van der Waals surface area contributed by atoms with Crippen molar-refractivity contribution in [3.8, 4) is 0 Å². The third kappa shape index (κ3) is 2.75. The smallest absolute Gasteiger partial charge is 0.0233 e. The first-order chi connectivity index (χ1) is 5.86. The Morgan fingerprint density at radius 2 is 2.09 bits per heavy atom. The lowest BCUT2D eigenvalue weighted by Crippen LogP contribution is -1.96. The van der Waals surface area contributed by atoms with Crippen LogP contribution in [0.15, 0.2) is 30.3 Å². The summed E-state index contributed by atoms with van der Waals surface area (Å²) >= 11 is 0. The molecule has 0 aliphatic carbocycles. The maximum absolute atomic E-state index is 7.31. The van der Waals surface area contributed by atoms with Gasteiger partial charge in [-0.25, -0.2) is 0 Å². The third-order valence-electron chi connectivity index (χ3n) is 1.94. The van der Waals surface area contributed by atoms with E-state index >= 15 is 0 Å². The van der Waals surface area contributed by atoms with E-state index in [1.54, 1.807) is 0 Å². The van der Waals surface area contributed by atoms with Crippen molar-refractivity contribution in [1.82, 2.24) is 0 Å². The van der Waals surface area contributed by atoms with Gasteiger partial charge in [0.2, 0.25) is 0 Å². The second-order valence-corrected chi connectivity index (χ2v) is 2.96. The van der Waals surface area contributed by atoms with Crippen LogP contribution < -0.4 is 0 Å². The van der Waals surface area contributed by atoms with E-state index in [0.29, 0.717) is 12.8 Å². The van der Waals surface area contributed by atoms with Gasteiger partial charge in [0, 0.05) is 1.37 Å². The lowest BCUT2D eigenvalue weighted by atomic mass is 9.99. The minimum Gasteiger partial charge on any atom is -0.0651 e. The van der Waals surface area contributed by atoms with Gasteiger partial charge in [-0.2, -0.15) is 0 Å². The molecule has 60 valence electrons. The zero-order chi connectivity index (χ0) is 8.81. The lowest BCUT2D eigenvalue weighted by Gasteiger charge is -2.06. The molecule has 0 aromatic heterocycles. The molecule has 1 atom stereocenters. The molecule has 0 saturated carbocycles. The quantitative estimate of drug-likeness (QED) is 0.618. The average Bonchev–Trinajstić information content (AvgIpc) is 2.16. The van der Waals surface area contributed by atoms with Gasteiger partial charge in [0.1, 0.15) is 0 Å². The Balaban J connectivity index is 2.51. The molecule has 0 bridgehead atoms. The van der Waals surface area contributed by atoms with Gasteiger partial charge < -0.3 is 0 Å². The van der Waals surface area contributed by atoms with Crippen molar-refractivity contribution in [3.63, 3.8) is 0 Å². The summed E-state index contributed by atoms with van der Waals surface area (Å²) in [6.45, 7) is 2.70. The van der Waals surface area contributed by atoms with Crippen molar-refractivity contribution in [2.45, 2.75) is 26.7 Å². The summed E-state index contributed by atoms with van der Waals surface area (Å²) in [4.78, 5) is 0. The van der Waals surface area contributed by atoms with E-state index < -0.39 is 0 Å². The van der Waals surface area contributed by atoms with Crippen LogP contribution >= 0.6 is 0 Å². The fourth-order valence-electron chi connectivity index (χ4n) is 1.09. The Bertz CT molecular complexity index is 202. The summed E-state index contributed by atoms with van der Waals surface area (Å²) in [6, 6.07) is 10.4. The predicted octanol–water partition coefficient (Wildman–Crippen LogP) is 3.28. The normalized spacial score (nSPS) is 14.1. The molecule has 0 spiro atoms. The maximum atomic E-state index is 7.31. The highest BCUT2D eigenvalue weighted by Crippen LogP contribution is 2.10. The molecule has 0 aliphatic rings. The van der Waals surface area contributed by atoms with Crippen LogP contribution in [0.3, 0.4) is 0 Å². The zero-order valence-corrected chi connectivity index (χ0v) is 7.09. The van der Waals surface area contributed by atoms with E-state index in [9.17, 15) is 0 Å². The Morgan fingerprint density at radius 1 is 1.36 bits per heavy atom. The van der Waals surface area contributed by atoms with Crippen molar-refractivity contribution in [1.29, 1.82) is 0 Å². The van der Waals surface area contributed by atoms with Crippen molar-refractivity contribution >= 4 is 0 Å². The molecule has 0 aliphatic heterocycles. The summed E-state index contributed by atoms with van der Waals surface area (Å²) < 4.78 is 7.31. The highest BCUT2D eigenvalue weighted by Gasteiger charge is 1.98. The molecule has 0 radical (unpaired) electrons. The average molecular weight is 149 g/mol. The largest absolute Gasteiger partial charge is 0.0651 e. The first-order valence-electron chi connectivity index (χ1n) is 4.90. The number of hydrogen-bond donors (Lipinski definition) is 0. The highest BCUT2D eigenvalue weighted by molar-refractivity contribution is 5.14. The fourth-order valence-corrected chi connectivity index (χ4v) is 1.09. The standard InChI is InChI=1S/C11H16/c1-3-10(2)9-11-7-5-4-6-8-11/h4-8,10H,3,9H2,1-2H3/i2D. The number of hydrogen-bond acceptors (Lipinski definition) is 0. The molecule has 0 saturated heterocycles. The van der Waals surface area contributed by atoms with Gasteiger partial charge >= 0.3 is 0 Å². The van der Waals surface area contributed by atoms with E-state index in [4.69, 9.17) is 1.37 Å². The zero-order valence-electron chi connectivity index (χ0n) is 8.09. The third-order valence-corrected chi connectivity index (χ3v) is 1.94. The summed E-state index contributed by atoms with van der Waals surface area (Å²) in [5.41, 5.74) is 1.36. The van der Waals surface area contributed by atoms with Crippen LogP contribution in [0.5, 0.6) is 0 Å². The van der Waals surface area contributed by atoms with Crippen LogP contribution in [-0.4, -0.2) is 0 Å². The first-order valence-corrected chi connectivity index (χ1v) is 4.20. The minimum atomic E-state index is 0.535. The van der Waals surface area contributed by atoms with Crippen LogP contribution in [0, 0.1) is 5.92 Å². The molecular weight excluding hydrogens is 132 g/mol. The molecule has 11 heavy (non-hydrogen) atoms. The van der Waals surface area contributed by atoms with Gasteiger partial charge in [0.05, 0.1) is 0 Å². The molecule has 0 fully saturated rings. The Labute approximate surface area is 70.7 Å². The van der Waals surface area contributed by atoms with E-state index in [1.165, 1.54) is 5.56 Å². The first kappa shape index (κ1) is 6.90. The fraction of sp³-hybridized carbons (Fsp3) is 0.455. The second-order valence-electron chi connectivity index (χ2n) is 2.96. The monoisotopic (exact) mass is 149 g/mol. The van der Waals surface area contributed by atoms with E-state index in [0.717, 1.165) is 12.8 Å². The molecule has 0 heteroatoms. The molecule has 0 nitrogen and oxygen atoms in total. The summed E-state index contributed by atoms with van der Waals surface area (Å²) in [6.07, 6.45) is 2.17. The summed E-state index contributed by atoms with van der Waals surface area (Å²) in [5, 5.41) is 0. The molecule has 1 aromatic carbocycles. The Hall–Kier alpha value is -0.780. The predicted molar refractivity (Wildman–Crippen MR) is 49.6 cm³/mol. The van der Waals surface area contributed by atoms with Gasteiger partial charge in [-0.15, -0.1) is 0 Å². The van der Waals surface area contributed by atoms with Crippen LogP contribution in [0.1, 0.15) is 27.2 Å². The van der Waals surface area contributed by atoms with Crippen LogP contribution in [-0.2, 0) is 6.42 Å². The number of benzene rings is 1. The second kappa shape index (κ2) is 4.17.